The summed E-state index contributed by atoms with van der Waals surface area (Å²) < 4.78 is 0. The summed E-state index contributed by atoms with van der Waals surface area (Å²) in [4.78, 5) is 58.4. The molecule has 0 radical (unpaired) electrons. The average molecular weight is 404 g/mol. The first-order valence-corrected chi connectivity index (χ1v) is 8.99. The molecule has 6 N–H and O–H groups in total. The first-order chi connectivity index (χ1) is 12.6. The van der Waals surface area contributed by atoms with E-state index in [-0.39, 0.29) is 11.7 Å². The highest BCUT2D eigenvalue weighted by Crippen LogP contribution is 2.05. The highest BCUT2D eigenvalue weighted by molar-refractivity contribution is 7.80. The van der Waals surface area contributed by atoms with Gasteiger partial charge in [0.1, 0.15) is 18.1 Å². The third-order valence-corrected chi connectivity index (χ3v) is 4.30. The van der Waals surface area contributed by atoms with E-state index in [1.54, 1.807) is 0 Å². The molecule has 152 valence electrons. The maximum atomic E-state index is 12.4. The van der Waals surface area contributed by atoms with Gasteiger partial charge in [-0.1, -0.05) is 0 Å². The number of thiol groups is 1. The topological polar surface area (TPSA) is 174 Å². The molecule has 3 amide bonds. The largest absolute Gasteiger partial charge is 0.481 e. The van der Waals surface area contributed by atoms with Crippen LogP contribution in [0.1, 0.15) is 26.2 Å². The summed E-state index contributed by atoms with van der Waals surface area (Å²) in [5.74, 6) is -4.88. The van der Waals surface area contributed by atoms with Crippen LogP contribution < -0.4 is 21.3 Å². The average Bonchev–Trinajstić information content (AvgIpc) is 3.12. The molecular weight excluding hydrogens is 380 g/mol. The van der Waals surface area contributed by atoms with Crippen molar-refractivity contribution >= 4 is 42.3 Å². The Balaban J connectivity index is 2.74. The molecule has 0 spiro atoms. The minimum Gasteiger partial charge on any atom is -0.481 e. The molecule has 11 nitrogen and oxygen atoms in total. The summed E-state index contributed by atoms with van der Waals surface area (Å²) in [5, 5.41) is 27.6. The number of nitrogens with one attached hydrogen (secondary N) is 4. The van der Waals surface area contributed by atoms with Gasteiger partial charge in [0, 0.05) is 5.75 Å². The molecule has 4 unspecified atom stereocenters. The van der Waals surface area contributed by atoms with Gasteiger partial charge >= 0.3 is 11.9 Å². The molecule has 0 aromatic carbocycles. The molecule has 12 heteroatoms. The zero-order valence-electron chi connectivity index (χ0n) is 14.7. The molecule has 0 aliphatic carbocycles. The minimum atomic E-state index is -1.50. The van der Waals surface area contributed by atoms with Crippen molar-refractivity contribution in [3.63, 3.8) is 0 Å². The van der Waals surface area contributed by atoms with Gasteiger partial charge in [-0.2, -0.15) is 12.6 Å². The molecule has 1 aliphatic heterocycles. The number of amides is 3. The number of hydrogen-bond acceptors (Lipinski definition) is 7. The second-order valence-corrected chi connectivity index (χ2v) is 6.49. The Morgan fingerprint density at radius 1 is 1.07 bits per heavy atom. The van der Waals surface area contributed by atoms with E-state index < -0.39 is 54.3 Å². The second kappa shape index (κ2) is 10.7. The summed E-state index contributed by atoms with van der Waals surface area (Å²) in [6.07, 6.45) is 0.712. The van der Waals surface area contributed by atoms with Crippen LogP contribution in [0.25, 0.3) is 0 Å². The Morgan fingerprint density at radius 3 is 2.19 bits per heavy atom. The van der Waals surface area contributed by atoms with Crippen LogP contribution in [-0.4, -0.2) is 76.3 Å². The first kappa shape index (κ1) is 22.7. The molecule has 27 heavy (non-hydrogen) atoms. The molecule has 4 atom stereocenters. The van der Waals surface area contributed by atoms with Crippen molar-refractivity contribution in [2.24, 2.45) is 0 Å². The van der Waals surface area contributed by atoms with E-state index in [1.807, 2.05) is 0 Å². The minimum absolute atomic E-state index is 0.0722. The van der Waals surface area contributed by atoms with Gasteiger partial charge in [0.25, 0.3) is 0 Å². The lowest BCUT2D eigenvalue weighted by Crippen LogP contribution is -2.57. The summed E-state index contributed by atoms with van der Waals surface area (Å²) in [6, 6.07) is -4.26. The fourth-order valence-electron chi connectivity index (χ4n) is 2.41. The smallest absolute Gasteiger partial charge is 0.325 e. The number of carbonyl (C=O) groups excluding carboxylic acids is 3. The number of aliphatic carboxylic acids is 2. The van der Waals surface area contributed by atoms with E-state index in [2.05, 4.69) is 33.9 Å². The number of rotatable bonds is 10. The lowest BCUT2D eigenvalue weighted by molar-refractivity contribution is -0.143. The predicted octanol–water partition coefficient (Wildman–Crippen LogP) is -2.30. The highest BCUT2D eigenvalue weighted by Gasteiger charge is 2.31. The van der Waals surface area contributed by atoms with Crippen LogP contribution in [-0.2, 0) is 24.0 Å². The zero-order valence-corrected chi connectivity index (χ0v) is 15.6. The maximum Gasteiger partial charge on any atom is 0.325 e. The lowest BCUT2D eigenvalue weighted by atomic mass is 10.1. The predicted molar refractivity (Wildman–Crippen MR) is 96.2 cm³/mol. The van der Waals surface area contributed by atoms with Crippen molar-refractivity contribution in [2.75, 3.05) is 12.3 Å². The number of hydrogen-bond donors (Lipinski definition) is 7. The molecule has 1 heterocycles. The van der Waals surface area contributed by atoms with Crippen molar-refractivity contribution in [3.8, 4) is 0 Å². The van der Waals surface area contributed by atoms with Gasteiger partial charge in [0.2, 0.25) is 17.7 Å². The van der Waals surface area contributed by atoms with Crippen molar-refractivity contribution in [2.45, 2.75) is 50.4 Å². The molecular formula is C15H24N4O7S. The summed E-state index contributed by atoms with van der Waals surface area (Å²) in [6.45, 7) is 1.89. The molecule has 0 saturated carbocycles. The monoisotopic (exact) mass is 404 g/mol. The van der Waals surface area contributed by atoms with Gasteiger partial charge in [-0.25, -0.2) is 0 Å². The molecule has 0 aromatic rings. The van der Waals surface area contributed by atoms with Crippen LogP contribution >= 0.6 is 12.6 Å². The molecule has 0 aromatic heterocycles. The number of carbonyl (C=O) groups is 5. The number of carboxylic acids is 2. The molecule has 0 bridgehead atoms. The van der Waals surface area contributed by atoms with E-state index in [9.17, 15) is 24.0 Å². The molecule has 1 saturated heterocycles. The maximum absolute atomic E-state index is 12.4. The second-order valence-electron chi connectivity index (χ2n) is 6.12. The Morgan fingerprint density at radius 2 is 1.70 bits per heavy atom. The van der Waals surface area contributed by atoms with Gasteiger partial charge in [-0.05, 0) is 26.3 Å². The van der Waals surface area contributed by atoms with Gasteiger partial charge < -0.3 is 31.5 Å². The third-order valence-electron chi connectivity index (χ3n) is 3.93. The van der Waals surface area contributed by atoms with Crippen LogP contribution in [0, 0.1) is 0 Å². The molecule has 1 aliphatic rings. The quantitative estimate of drug-likeness (QED) is 0.199. The third kappa shape index (κ3) is 7.43. The van der Waals surface area contributed by atoms with Gasteiger partial charge in [0.05, 0.1) is 12.5 Å². The van der Waals surface area contributed by atoms with Crippen LogP contribution in [0.4, 0.5) is 0 Å². The van der Waals surface area contributed by atoms with E-state index in [0.717, 1.165) is 6.42 Å². The van der Waals surface area contributed by atoms with Gasteiger partial charge in [-0.15, -0.1) is 0 Å². The van der Waals surface area contributed by atoms with Crippen molar-refractivity contribution in [1.82, 2.24) is 21.3 Å². The summed E-state index contributed by atoms with van der Waals surface area (Å²) >= 11 is 4.01. The van der Waals surface area contributed by atoms with Crippen molar-refractivity contribution in [1.29, 1.82) is 0 Å². The van der Waals surface area contributed by atoms with Gasteiger partial charge in [-0.3, -0.25) is 24.0 Å². The van der Waals surface area contributed by atoms with Gasteiger partial charge in [0.15, 0.2) is 0 Å². The van der Waals surface area contributed by atoms with Crippen molar-refractivity contribution in [3.05, 3.63) is 0 Å². The fourth-order valence-corrected chi connectivity index (χ4v) is 2.66. The van der Waals surface area contributed by atoms with Crippen molar-refractivity contribution < 1.29 is 34.2 Å². The molecule has 1 rings (SSSR count). The zero-order chi connectivity index (χ0) is 20.6. The first-order valence-electron chi connectivity index (χ1n) is 8.35. The van der Waals surface area contributed by atoms with E-state index >= 15 is 0 Å². The Kier molecular flexibility index (Phi) is 9.02. The highest BCUT2D eigenvalue weighted by atomic mass is 32.1. The van der Waals surface area contributed by atoms with E-state index in [1.165, 1.54) is 6.92 Å². The fraction of sp³-hybridized carbons (Fsp3) is 0.667. The summed E-state index contributed by atoms with van der Waals surface area (Å²) in [7, 11) is 0. The van der Waals surface area contributed by atoms with Crippen LogP contribution in [0.5, 0.6) is 0 Å². The normalized spacial score (nSPS) is 19.4. The SMILES string of the molecule is CC(NC(=O)C(CC(=O)O)NC(=O)C(CS)NC(=O)C1CCCN1)C(=O)O. The Labute approximate surface area is 161 Å². The molecule has 1 fully saturated rings. The standard InChI is InChI=1S/C15H24N4O7S/c1-7(15(25)26)17-13(23)9(5-11(20)21)18-14(24)10(6-27)19-12(22)8-3-2-4-16-8/h7-10,16,27H,2-6H2,1H3,(H,17,23)(H,18,24)(H,19,22)(H,20,21)(H,25,26). The van der Waals surface area contributed by atoms with E-state index in [0.29, 0.717) is 13.0 Å². The number of carboxylic acid groups (broad SMARTS) is 2. The Hall–Kier alpha value is -2.34. The van der Waals surface area contributed by atoms with Crippen LogP contribution in [0.15, 0.2) is 0 Å². The van der Waals surface area contributed by atoms with Crippen LogP contribution in [0.3, 0.4) is 0 Å². The Bertz CT molecular complexity index is 595. The lowest BCUT2D eigenvalue weighted by Gasteiger charge is -2.23. The van der Waals surface area contributed by atoms with Crippen LogP contribution in [0.2, 0.25) is 0 Å². The summed E-state index contributed by atoms with van der Waals surface area (Å²) in [5.41, 5.74) is 0. The van der Waals surface area contributed by atoms with E-state index in [4.69, 9.17) is 10.2 Å².